The molecule has 0 saturated carbocycles. The molecule has 106 valence electrons. The molecule has 0 fully saturated rings. The lowest BCUT2D eigenvalue weighted by Gasteiger charge is -2.15. The van der Waals surface area contributed by atoms with Gasteiger partial charge >= 0.3 is 0 Å². The number of guanidine groups is 1. The predicted octanol–water partition coefficient (Wildman–Crippen LogP) is 3.32. The van der Waals surface area contributed by atoms with Crippen molar-refractivity contribution in [3.63, 3.8) is 0 Å². The lowest BCUT2D eigenvalue weighted by atomic mass is 9.97. The number of halogens is 1. The van der Waals surface area contributed by atoms with Crippen molar-refractivity contribution in [1.29, 1.82) is 0 Å². The standard InChI is InChI=1S/C14H27N3.HI/c1-12(2)11-17-14(15-3)16-10-9-13-7-5-4-6-8-13;/h7,12H,4-6,8-11H2,1-3H3,(H2,15,16,17);1H. The molecule has 0 aromatic rings. The van der Waals surface area contributed by atoms with Crippen LogP contribution in [0.2, 0.25) is 0 Å². The van der Waals surface area contributed by atoms with Crippen LogP contribution in [0.4, 0.5) is 0 Å². The largest absolute Gasteiger partial charge is 0.356 e. The van der Waals surface area contributed by atoms with Gasteiger partial charge in [-0.2, -0.15) is 0 Å². The van der Waals surface area contributed by atoms with E-state index in [1.54, 1.807) is 5.57 Å². The zero-order valence-electron chi connectivity index (χ0n) is 12.0. The maximum atomic E-state index is 4.22. The average Bonchev–Trinajstić information content (AvgIpc) is 2.34. The van der Waals surface area contributed by atoms with Crippen LogP contribution in [-0.2, 0) is 0 Å². The van der Waals surface area contributed by atoms with Gasteiger partial charge in [0.2, 0.25) is 0 Å². The van der Waals surface area contributed by atoms with E-state index < -0.39 is 0 Å². The first-order valence-electron chi connectivity index (χ1n) is 6.84. The number of hydrogen-bond donors (Lipinski definition) is 2. The second-order valence-corrected chi connectivity index (χ2v) is 5.13. The van der Waals surface area contributed by atoms with Gasteiger partial charge < -0.3 is 10.6 Å². The molecule has 2 N–H and O–H groups in total. The molecule has 0 aromatic heterocycles. The van der Waals surface area contributed by atoms with Crippen LogP contribution < -0.4 is 10.6 Å². The van der Waals surface area contributed by atoms with Crippen LogP contribution in [0.1, 0.15) is 46.0 Å². The summed E-state index contributed by atoms with van der Waals surface area (Å²) < 4.78 is 0. The molecule has 1 rings (SSSR count). The fourth-order valence-corrected chi connectivity index (χ4v) is 1.99. The number of hydrogen-bond acceptors (Lipinski definition) is 1. The van der Waals surface area contributed by atoms with Gasteiger partial charge in [-0.05, 0) is 38.0 Å². The van der Waals surface area contributed by atoms with Crippen LogP contribution in [0.25, 0.3) is 0 Å². The fraction of sp³-hybridized carbons (Fsp3) is 0.786. The van der Waals surface area contributed by atoms with Gasteiger partial charge in [-0.15, -0.1) is 24.0 Å². The number of allylic oxidation sites excluding steroid dienone is 1. The van der Waals surface area contributed by atoms with Gasteiger partial charge in [0.05, 0.1) is 0 Å². The summed E-state index contributed by atoms with van der Waals surface area (Å²) in [7, 11) is 1.83. The van der Waals surface area contributed by atoms with E-state index in [1.165, 1.54) is 25.7 Å². The van der Waals surface area contributed by atoms with Crippen LogP contribution in [0, 0.1) is 5.92 Å². The van der Waals surface area contributed by atoms with E-state index >= 15 is 0 Å². The van der Waals surface area contributed by atoms with Gasteiger partial charge in [0.25, 0.3) is 0 Å². The minimum atomic E-state index is 0. The molecule has 0 spiro atoms. The molecular formula is C14H28IN3. The van der Waals surface area contributed by atoms with Gasteiger partial charge in [0, 0.05) is 20.1 Å². The second kappa shape index (κ2) is 10.6. The molecule has 18 heavy (non-hydrogen) atoms. The van der Waals surface area contributed by atoms with Crippen LogP contribution >= 0.6 is 24.0 Å². The maximum Gasteiger partial charge on any atom is 0.190 e. The van der Waals surface area contributed by atoms with Crippen molar-refractivity contribution in [2.75, 3.05) is 20.1 Å². The molecular weight excluding hydrogens is 337 g/mol. The molecule has 0 heterocycles. The molecule has 0 unspecified atom stereocenters. The molecule has 4 heteroatoms. The third-order valence-corrected chi connectivity index (χ3v) is 3.02. The number of aliphatic imine (C=N–C) groups is 1. The lowest BCUT2D eigenvalue weighted by molar-refractivity contribution is 0.612. The molecule has 1 aliphatic carbocycles. The van der Waals surface area contributed by atoms with Crippen LogP contribution in [0.15, 0.2) is 16.6 Å². The van der Waals surface area contributed by atoms with Gasteiger partial charge in [-0.1, -0.05) is 25.5 Å². The first kappa shape index (κ1) is 17.7. The average molecular weight is 365 g/mol. The van der Waals surface area contributed by atoms with Crippen molar-refractivity contribution in [2.24, 2.45) is 10.9 Å². The van der Waals surface area contributed by atoms with Crippen molar-refractivity contribution in [1.82, 2.24) is 10.6 Å². The van der Waals surface area contributed by atoms with E-state index in [1.807, 2.05) is 7.05 Å². The van der Waals surface area contributed by atoms with E-state index in [9.17, 15) is 0 Å². The Hall–Kier alpha value is -0.260. The van der Waals surface area contributed by atoms with Crippen molar-refractivity contribution >= 4 is 29.9 Å². The molecule has 0 saturated heterocycles. The van der Waals surface area contributed by atoms with Crippen LogP contribution in [0.5, 0.6) is 0 Å². The van der Waals surface area contributed by atoms with Gasteiger partial charge in [0.15, 0.2) is 5.96 Å². The Balaban J connectivity index is 0.00000289. The number of rotatable bonds is 5. The summed E-state index contributed by atoms with van der Waals surface area (Å²) >= 11 is 0. The Labute approximate surface area is 129 Å². The zero-order valence-corrected chi connectivity index (χ0v) is 14.3. The molecule has 0 amide bonds. The first-order chi connectivity index (χ1) is 8.22. The summed E-state index contributed by atoms with van der Waals surface area (Å²) in [5.41, 5.74) is 1.61. The highest BCUT2D eigenvalue weighted by molar-refractivity contribution is 14.0. The number of nitrogens with zero attached hydrogens (tertiary/aromatic N) is 1. The number of nitrogens with one attached hydrogen (secondary N) is 2. The molecule has 0 atom stereocenters. The molecule has 1 aliphatic rings. The Morgan fingerprint density at radius 2 is 2.11 bits per heavy atom. The van der Waals surface area contributed by atoms with Crippen molar-refractivity contribution in [3.8, 4) is 0 Å². The SMILES string of the molecule is CN=C(NCCC1=CCCCC1)NCC(C)C.I. The second-order valence-electron chi connectivity index (χ2n) is 5.13. The molecule has 0 radical (unpaired) electrons. The lowest BCUT2D eigenvalue weighted by Crippen LogP contribution is -2.39. The highest BCUT2D eigenvalue weighted by Crippen LogP contribution is 2.19. The third-order valence-electron chi connectivity index (χ3n) is 3.02. The molecule has 3 nitrogen and oxygen atoms in total. The third kappa shape index (κ3) is 7.95. The quantitative estimate of drug-likeness (QED) is 0.339. The van der Waals surface area contributed by atoms with Crippen molar-refractivity contribution < 1.29 is 0 Å². The van der Waals surface area contributed by atoms with Crippen LogP contribution in [-0.4, -0.2) is 26.1 Å². The van der Waals surface area contributed by atoms with Gasteiger partial charge in [0.1, 0.15) is 0 Å². The Kier molecular flexibility index (Phi) is 10.5. The summed E-state index contributed by atoms with van der Waals surface area (Å²) in [6, 6.07) is 0. The molecule has 0 aliphatic heterocycles. The minimum Gasteiger partial charge on any atom is -0.356 e. The normalized spacial score (nSPS) is 16.0. The zero-order chi connectivity index (χ0) is 12.5. The van der Waals surface area contributed by atoms with Crippen molar-refractivity contribution in [3.05, 3.63) is 11.6 Å². The Morgan fingerprint density at radius 3 is 2.67 bits per heavy atom. The first-order valence-corrected chi connectivity index (χ1v) is 6.84. The monoisotopic (exact) mass is 365 g/mol. The minimum absolute atomic E-state index is 0. The maximum absolute atomic E-state index is 4.22. The Morgan fingerprint density at radius 1 is 1.33 bits per heavy atom. The smallest absolute Gasteiger partial charge is 0.190 e. The summed E-state index contributed by atoms with van der Waals surface area (Å²) in [4.78, 5) is 4.22. The summed E-state index contributed by atoms with van der Waals surface area (Å²) in [6.07, 6.45) is 8.87. The highest BCUT2D eigenvalue weighted by atomic mass is 127. The summed E-state index contributed by atoms with van der Waals surface area (Å²) in [6.45, 7) is 6.37. The summed E-state index contributed by atoms with van der Waals surface area (Å²) in [5, 5.41) is 6.70. The van der Waals surface area contributed by atoms with Crippen molar-refractivity contribution in [2.45, 2.75) is 46.0 Å². The molecule has 0 aromatic carbocycles. The topological polar surface area (TPSA) is 36.4 Å². The van der Waals surface area contributed by atoms with E-state index in [0.717, 1.165) is 25.5 Å². The van der Waals surface area contributed by atoms with E-state index in [-0.39, 0.29) is 24.0 Å². The van der Waals surface area contributed by atoms with Crippen LogP contribution in [0.3, 0.4) is 0 Å². The van der Waals surface area contributed by atoms with Gasteiger partial charge in [-0.25, -0.2) is 0 Å². The van der Waals surface area contributed by atoms with Gasteiger partial charge in [-0.3, -0.25) is 4.99 Å². The van der Waals surface area contributed by atoms with E-state index in [2.05, 4.69) is 35.5 Å². The van der Waals surface area contributed by atoms with E-state index in [4.69, 9.17) is 0 Å². The highest BCUT2D eigenvalue weighted by Gasteiger charge is 2.04. The predicted molar refractivity (Wildman–Crippen MR) is 90.8 cm³/mol. The van der Waals surface area contributed by atoms with E-state index in [0.29, 0.717) is 5.92 Å². The summed E-state index contributed by atoms with van der Waals surface area (Å²) in [5.74, 6) is 1.57. The Bertz CT molecular complexity index is 272. The molecule has 0 bridgehead atoms. The fourth-order valence-electron chi connectivity index (χ4n) is 1.99.